The number of aromatic nitrogens is 1. The predicted molar refractivity (Wildman–Crippen MR) is 215 cm³/mol. The van der Waals surface area contributed by atoms with E-state index in [0.29, 0.717) is 73.0 Å². The number of furan rings is 1. The minimum atomic E-state index is -0.759. The van der Waals surface area contributed by atoms with E-state index in [1.54, 1.807) is 26.7 Å². The molecule has 57 heavy (non-hydrogen) atoms. The summed E-state index contributed by atoms with van der Waals surface area (Å²) in [4.78, 5) is 22.5. The largest absolute Gasteiger partial charge is 0.502 e. The Labute approximate surface area is 337 Å². The van der Waals surface area contributed by atoms with E-state index in [0.717, 1.165) is 77.0 Å². The predicted octanol–water partition coefficient (Wildman–Crippen LogP) is 7.14. The molecule has 0 amide bonds. The topological polar surface area (TPSA) is 145 Å². The van der Waals surface area contributed by atoms with Crippen LogP contribution in [0.15, 0.2) is 65.4 Å². The quantitative estimate of drug-likeness (QED) is 0.141. The first-order valence-electron chi connectivity index (χ1n) is 19.4. The molecule has 5 heterocycles. The highest BCUT2D eigenvalue weighted by Gasteiger charge is 2.33. The Balaban J connectivity index is 1.04. The highest BCUT2D eigenvalue weighted by molar-refractivity contribution is 6.31. The number of β-amino-alcohol motifs (C(OH)–C–C–N with tert-alkyl or cyclic N) is 1. The van der Waals surface area contributed by atoms with Crippen LogP contribution in [0.3, 0.4) is 0 Å². The van der Waals surface area contributed by atoms with Crippen LogP contribution in [0.25, 0.3) is 33.7 Å². The molecule has 3 atom stereocenters. The van der Waals surface area contributed by atoms with E-state index < -0.39 is 5.97 Å². The summed E-state index contributed by atoms with van der Waals surface area (Å²) in [6.07, 6.45) is 5.83. The molecule has 2 fully saturated rings. The standard InChI is InChI=1S/C44H46ClN5O7/c1-26-31(33-8-5-9-35-34(33)10-11-39(35)57-43-37(45)18-28(42(47-43)55-3)22-49-15-13-30(51)24-49)6-4-7-32(26)40-19-36-38(25-54-2)50(23-29(20-46)41(36)56-40)17-16-48-14-12-27(21-48)44(52)53/h4-9,18-19,23,25,27,30,39,51H,10-17,21-22,24H2,1-3H3,(H,52,53)/b38-25-/t27-,30-,39+/m1/s1. The van der Waals surface area contributed by atoms with Gasteiger partial charge in [0.15, 0.2) is 5.76 Å². The average molecular weight is 792 g/mol. The maximum Gasteiger partial charge on any atom is 0.307 e. The van der Waals surface area contributed by atoms with Crippen molar-refractivity contribution < 1.29 is 33.6 Å². The summed E-state index contributed by atoms with van der Waals surface area (Å²) in [5.41, 5.74) is 9.21. The number of ether oxygens (including phenoxy) is 3. The fraction of sp³-hybridized carbons (Fsp3) is 0.386. The van der Waals surface area contributed by atoms with Gasteiger partial charge in [-0.2, -0.15) is 10.2 Å². The number of carboxylic acid groups (broad SMARTS) is 1. The molecule has 8 rings (SSSR count). The number of nitrogens with zero attached hydrogens (tertiary/aromatic N) is 5. The van der Waals surface area contributed by atoms with Crippen LogP contribution in [0, 0.1) is 24.2 Å². The fourth-order valence-electron chi connectivity index (χ4n) is 8.73. The SMILES string of the molecule is CO/C=C1/c2cc(-c3cccc(-c4cccc5c4CC[C@@H]5Oc4nc(OC)c(CN5CC[C@@H](O)C5)cc4Cl)c3C)oc2C(C#N)=CN1CCN1CC[C@@H](C(=O)O)C1. The number of allylic oxidation sites excluding steroid dienone is 1. The smallest absolute Gasteiger partial charge is 0.307 e. The Kier molecular flexibility index (Phi) is 11.0. The number of carboxylic acids is 1. The molecule has 1 aliphatic carbocycles. The van der Waals surface area contributed by atoms with Crippen molar-refractivity contribution in [3.8, 4) is 40.3 Å². The van der Waals surface area contributed by atoms with E-state index in [2.05, 4.69) is 52.0 Å². The van der Waals surface area contributed by atoms with Crippen LogP contribution < -0.4 is 9.47 Å². The van der Waals surface area contributed by atoms with Gasteiger partial charge in [-0.25, -0.2) is 0 Å². The third-order valence-electron chi connectivity index (χ3n) is 11.7. The van der Waals surface area contributed by atoms with Gasteiger partial charge >= 0.3 is 5.97 Å². The molecule has 0 bridgehead atoms. The summed E-state index contributed by atoms with van der Waals surface area (Å²) in [6, 6.07) is 18.6. The molecule has 2 aromatic heterocycles. The van der Waals surface area contributed by atoms with E-state index in [1.807, 2.05) is 29.2 Å². The third kappa shape index (κ3) is 7.60. The molecular weight excluding hydrogens is 746 g/mol. The van der Waals surface area contributed by atoms with Crippen molar-refractivity contribution >= 4 is 28.8 Å². The number of aliphatic carboxylic acids is 1. The zero-order valence-corrected chi connectivity index (χ0v) is 33.1. The minimum Gasteiger partial charge on any atom is -0.502 e. The van der Waals surface area contributed by atoms with Gasteiger partial charge in [0.1, 0.15) is 34.8 Å². The van der Waals surface area contributed by atoms with E-state index >= 15 is 0 Å². The zero-order valence-electron chi connectivity index (χ0n) is 32.3. The summed E-state index contributed by atoms with van der Waals surface area (Å²) in [5, 5.41) is 30.1. The molecule has 296 valence electrons. The lowest BCUT2D eigenvalue weighted by Gasteiger charge is -2.28. The summed E-state index contributed by atoms with van der Waals surface area (Å²) >= 11 is 6.77. The van der Waals surface area contributed by atoms with Gasteiger partial charge in [0, 0.05) is 62.2 Å². The second-order valence-corrected chi connectivity index (χ2v) is 15.6. The highest BCUT2D eigenvalue weighted by atomic mass is 35.5. The van der Waals surface area contributed by atoms with Crippen LogP contribution in [0.1, 0.15) is 58.9 Å². The van der Waals surface area contributed by atoms with Gasteiger partial charge < -0.3 is 38.6 Å². The average Bonchev–Trinajstić information content (AvgIpc) is 4.03. The van der Waals surface area contributed by atoms with E-state index in [9.17, 15) is 20.3 Å². The summed E-state index contributed by atoms with van der Waals surface area (Å²) in [5.74, 6) is 0.798. The van der Waals surface area contributed by atoms with Crippen LogP contribution >= 0.6 is 11.6 Å². The van der Waals surface area contributed by atoms with Gasteiger partial charge in [-0.15, -0.1) is 0 Å². The second kappa shape index (κ2) is 16.3. The number of fused-ring (bicyclic) bond motifs is 2. The first-order chi connectivity index (χ1) is 27.6. The van der Waals surface area contributed by atoms with Gasteiger partial charge in [0.2, 0.25) is 11.8 Å². The van der Waals surface area contributed by atoms with Crippen molar-refractivity contribution in [2.75, 3.05) is 53.5 Å². The molecular formula is C44H46ClN5O7. The number of methoxy groups -OCH3 is 2. The van der Waals surface area contributed by atoms with Crippen LogP contribution in [-0.2, 0) is 22.5 Å². The van der Waals surface area contributed by atoms with Crippen molar-refractivity contribution in [3.05, 3.63) is 99.6 Å². The normalized spacial score (nSPS) is 21.3. The van der Waals surface area contributed by atoms with Crippen molar-refractivity contribution in [2.45, 2.75) is 51.4 Å². The van der Waals surface area contributed by atoms with Crippen molar-refractivity contribution in [1.29, 1.82) is 5.26 Å². The Morgan fingerprint density at radius 3 is 2.54 bits per heavy atom. The number of likely N-dealkylation sites (tertiary alicyclic amines) is 2. The maximum atomic E-state index is 11.5. The van der Waals surface area contributed by atoms with E-state index in [4.69, 9.17) is 30.2 Å². The summed E-state index contributed by atoms with van der Waals surface area (Å²) < 4.78 is 24.2. The molecule has 0 saturated carbocycles. The number of nitriles is 1. The fourth-order valence-corrected chi connectivity index (χ4v) is 8.95. The summed E-state index contributed by atoms with van der Waals surface area (Å²) in [6.45, 7) is 6.51. The first-order valence-corrected chi connectivity index (χ1v) is 19.8. The molecule has 2 N–H and O–H groups in total. The van der Waals surface area contributed by atoms with Crippen LogP contribution in [0.2, 0.25) is 5.02 Å². The zero-order chi connectivity index (χ0) is 39.8. The third-order valence-corrected chi connectivity index (χ3v) is 11.9. The number of aliphatic hydroxyl groups is 1. The van der Waals surface area contributed by atoms with Gasteiger partial charge in [0.05, 0.1) is 31.9 Å². The highest BCUT2D eigenvalue weighted by Crippen LogP contribution is 2.45. The lowest BCUT2D eigenvalue weighted by Crippen LogP contribution is -2.32. The number of pyridine rings is 1. The number of halogens is 1. The molecule has 0 unspecified atom stereocenters. The monoisotopic (exact) mass is 791 g/mol. The number of hydrogen-bond donors (Lipinski definition) is 2. The summed E-state index contributed by atoms with van der Waals surface area (Å²) in [7, 11) is 3.18. The van der Waals surface area contributed by atoms with E-state index in [-0.39, 0.29) is 18.1 Å². The van der Waals surface area contributed by atoms with Gasteiger partial charge in [-0.1, -0.05) is 48.0 Å². The molecule has 3 aliphatic heterocycles. The number of benzene rings is 2. The molecule has 0 radical (unpaired) electrons. The Bertz CT molecular complexity index is 2300. The number of rotatable bonds is 12. The van der Waals surface area contributed by atoms with Crippen LogP contribution in [0.5, 0.6) is 11.8 Å². The number of aliphatic hydroxyl groups excluding tert-OH is 1. The van der Waals surface area contributed by atoms with E-state index in [1.165, 1.54) is 5.56 Å². The van der Waals surface area contributed by atoms with Crippen LogP contribution in [-0.4, -0.2) is 95.5 Å². The molecule has 13 heteroatoms. The van der Waals surface area contributed by atoms with Crippen molar-refractivity contribution in [1.82, 2.24) is 19.7 Å². The molecule has 2 saturated heterocycles. The molecule has 4 aliphatic rings. The molecule has 2 aromatic carbocycles. The number of carbonyl (C=O) groups is 1. The number of hydrogen-bond acceptors (Lipinski definition) is 11. The van der Waals surface area contributed by atoms with Crippen molar-refractivity contribution in [2.24, 2.45) is 5.92 Å². The molecule has 12 nitrogen and oxygen atoms in total. The maximum absolute atomic E-state index is 11.5. The molecule has 4 aromatic rings. The second-order valence-electron chi connectivity index (χ2n) is 15.2. The minimum absolute atomic E-state index is 0.247. The Hall–Kier alpha value is -5.32. The molecule has 0 spiro atoms. The van der Waals surface area contributed by atoms with Gasteiger partial charge in [-0.05, 0) is 79.1 Å². The lowest BCUT2D eigenvalue weighted by molar-refractivity contribution is -0.141. The van der Waals surface area contributed by atoms with Gasteiger partial charge in [0.25, 0.3) is 0 Å². The van der Waals surface area contributed by atoms with Crippen molar-refractivity contribution in [3.63, 3.8) is 0 Å². The Morgan fingerprint density at radius 2 is 1.81 bits per heavy atom. The lowest BCUT2D eigenvalue weighted by atomic mass is 9.91. The Morgan fingerprint density at radius 1 is 1.02 bits per heavy atom. The van der Waals surface area contributed by atoms with Crippen LogP contribution in [0.4, 0.5) is 0 Å². The van der Waals surface area contributed by atoms with Gasteiger partial charge in [-0.3, -0.25) is 9.69 Å². The first kappa shape index (κ1) is 38.5.